The van der Waals surface area contributed by atoms with Crippen molar-refractivity contribution < 1.29 is 24.2 Å². The summed E-state index contributed by atoms with van der Waals surface area (Å²) in [7, 11) is 0. The number of nitrogens with zero attached hydrogens (tertiary/aromatic N) is 1. The molecule has 1 aliphatic heterocycles. The molecule has 3 N–H and O–H groups in total. The van der Waals surface area contributed by atoms with Gasteiger partial charge in [0.1, 0.15) is 5.75 Å². The van der Waals surface area contributed by atoms with Gasteiger partial charge in [0.25, 0.3) is 5.91 Å². The van der Waals surface area contributed by atoms with E-state index in [1.165, 1.54) is 5.56 Å². The summed E-state index contributed by atoms with van der Waals surface area (Å²) in [5.74, 6) is -0.291. The predicted molar refractivity (Wildman–Crippen MR) is 132 cm³/mol. The number of rotatable bonds is 9. The Morgan fingerprint density at radius 2 is 1.74 bits per heavy atom. The number of benzene rings is 2. The molecule has 4 rings (SSSR count). The molecule has 2 aromatic carbocycles. The van der Waals surface area contributed by atoms with Gasteiger partial charge in [-0.25, -0.2) is 4.79 Å². The van der Waals surface area contributed by atoms with Crippen molar-refractivity contribution in [1.82, 2.24) is 15.5 Å². The molecule has 0 spiro atoms. The van der Waals surface area contributed by atoms with E-state index in [2.05, 4.69) is 15.5 Å². The summed E-state index contributed by atoms with van der Waals surface area (Å²) in [5.41, 5.74) is 2.84. The van der Waals surface area contributed by atoms with Crippen molar-refractivity contribution in [3.05, 3.63) is 65.2 Å². The number of likely N-dealkylation sites (tertiary alicyclic amines) is 1. The number of carbonyl (C=O) groups is 3. The summed E-state index contributed by atoms with van der Waals surface area (Å²) < 4.78 is 5.21. The fourth-order valence-corrected chi connectivity index (χ4v) is 4.99. The van der Waals surface area contributed by atoms with Crippen LogP contribution in [0.25, 0.3) is 0 Å². The van der Waals surface area contributed by atoms with Crippen LogP contribution in [0.1, 0.15) is 53.1 Å². The number of aliphatic carboxylic acids is 1. The lowest BCUT2D eigenvalue weighted by Gasteiger charge is -2.46. The van der Waals surface area contributed by atoms with Gasteiger partial charge in [-0.3, -0.25) is 14.5 Å². The van der Waals surface area contributed by atoms with E-state index in [1.807, 2.05) is 43.3 Å². The molecule has 0 atom stereocenters. The van der Waals surface area contributed by atoms with Crippen molar-refractivity contribution in [2.75, 3.05) is 26.2 Å². The number of amides is 2. The fraction of sp³-hybridized carbons (Fsp3) is 0.444. The predicted octanol–water partition coefficient (Wildman–Crippen LogP) is 2.72. The topological polar surface area (TPSA) is 108 Å². The second-order valence-electron chi connectivity index (χ2n) is 9.53. The molecule has 1 heterocycles. The first-order chi connectivity index (χ1) is 16.9. The van der Waals surface area contributed by atoms with Crippen molar-refractivity contribution in [2.24, 2.45) is 0 Å². The van der Waals surface area contributed by atoms with E-state index in [4.69, 9.17) is 9.84 Å². The minimum absolute atomic E-state index is 0.0193. The summed E-state index contributed by atoms with van der Waals surface area (Å²) in [6.45, 7) is 3.28. The Kier molecular flexibility index (Phi) is 8.02. The Labute approximate surface area is 205 Å². The van der Waals surface area contributed by atoms with Crippen LogP contribution in [0.2, 0.25) is 0 Å². The first kappa shape index (κ1) is 24.7. The van der Waals surface area contributed by atoms with Crippen LogP contribution in [0.3, 0.4) is 0 Å². The zero-order valence-corrected chi connectivity index (χ0v) is 20.0. The lowest BCUT2D eigenvalue weighted by atomic mass is 9.80. The molecule has 1 aliphatic carbocycles. The van der Waals surface area contributed by atoms with Crippen LogP contribution in [-0.4, -0.2) is 66.1 Å². The van der Waals surface area contributed by atoms with E-state index in [9.17, 15) is 14.4 Å². The molecule has 2 aliphatic rings. The first-order valence-electron chi connectivity index (χ1n) is 12.2. The third-order valence-corrected chi connectivity index (χ3v) is 6.89. The summed E-state index contributed by atoms with van der Waals surface area (Å²) in [4.78, 5) is 37.5. The Balaban J connectivity index is 1.13. The standard InChI is InChI=1S/C27H33N3O5/c1-18-3-2-4-21(13-18)27(34)28-14-25(31)29-22-15-30(16-22)23-9-5-19(6-10-23)20-7-11-24(12-8-20)35-17-26(32)33/h2-4,7-8,11-13,19,22-23H,5-6,9-10,14-17H2,1H3,(H,28,34)(H,29,31)(H,32,33)/t19-,23+. The third kappa shape index (κ3) is 6.82. The number of hydrogen-bond acceptors (Lipinski definition) is 5. The van der Waals surface area contributed by atoms with Gasteiger partial charge in [-0.05, 0) is 68.4 Å². The van der Waals surface area contributed by atoms with E-state index in [0.717, 1.165) is 44.3 Å². The average Bonchev–Trinajstić information content (AvgIpc) is 2.83. The molecule has 0 radical (unpaired) electrons. The van der Waals surface area contributed by atoms with E-state index in [-0.39, 0.29) is 31.0 Å². The molecule has 2 amide bonds. The number of carbonyl (C=O) groups excluding carboxylic acids is 2. The van der Waals surface area contributed by atoms with Crippen molar-refractivity contribution in [3.63, 3.8) is 0 Å². The van der Waals surface area contributed by atoms with Crippen molar-refractivity contribution in [1.29, 1.82) is 0 Å². The van der Waals surface area contributed by atoms with Gasteiger partial charge < -0.3 is 20.5 Å². The maximum Gasteiger partial charge on any atom is 0.341 e. The molecule has 0 unspecified atom stereocenters. The van der Waals surface area contributed by atoms with Crippen LogP contribution in [0, 0.1) is 6.92 Å². The zero-order chi connectivity index (χ0) is 24.8. The smallest absolute Gasteiger partial charge is 0.341 e. The summed E-state index contributed by atoms with van der Waals surface area (Å²) in [6.07, 6.45) is 4.46. The molecule has 2 aromatic rings. The van der Waals surface area contributed by atoms with E-state index in [1.54, 1.807) is 12.1 Å². The highest BCUT2D eigenvalue weighted by atomic mass is 16.5. The van der Waals surface area contributed by atoms with Crippen molar-refractivity contribution >= 4 is 17.8 Å². The number of nitrogens with one attached hydrogen (secondary N) is 2. The fourth-order valence-electron chi connectivity index (χ4n) is 4.99. The number of aryl methyl sites for hydroxylation is 1. The van der Waals surface area contributed by atoms with Crippen molar-refractivity contribution in [2.45, 2.75) is 50.6 Å². The van der Waals surface area contributed by atoms with Gasteiger partial charge in [-0.2, -0.15) is 0 Å². The molecule has 1 saturated heterocycles. The second kappa shape index (κ2) is 11.4. The van der Waals surface area contributed by atoms with E-state index >= 15 is 0 Å². The average molecular weight is 480 g/mol. The summed E-state index contributed by atoms with van der Waals surface area (Å²) >= 11 is 0. The first-order valence-corrected chi connectivity index (χ1v) is 12.2. The Morgan fingerprint density at radius 3 is 2.40 bits per heavy atom. The molecule has 0 aromatic heterocycles. The number of carboxylic acids is 1. The minimum atomic E-state index is -0.981. The molecule has 1 saturated carbocycles. The molecule has 186 valence electrons. The summed E-state index contributed by atoms with van der Waals surface area (Å²) in [5, 5.41) is 14.4. The minimum Gasteiger partial charge on any atom is -0.482 e. The Morgan fingerprint density at radius 1 is 1.03 bits per heavy atom. The number of hydrogen-bond donors (Lipinski definition) is 3. The van der Waals surface area contributed by atoms with Gasteiger partial charge in [0.15, 0.2) is 6.61 Å². The van der Waals surface area contributed by atoms with Crippen LogP contribution in [0.5, 0.6) is 5.75 Å². The van der Waals surface area contributed by atoms with Crippen LogP contribution < -0.4 is 15.4 Å². The van der Waals surface area contributed by atoms with Gasteiger partial charge in [-0.1, -0.05) is 29.8 Å². The van der Waals surface area contributed by atoms with Gasteiger partial charge in [-0.15, -0.1) is 0 Å². The zero-order valence-electron chi connectivity index (χ0n) is 20.0. The van der Waals surface area contributed by atoms with E-state index < -0.39 is 5.97 Å². The van der Waals surface area contributed by atoms with Crippen LogP contribution in [0.4, 0.5) is 0 Å². The lowest BCUT2D eigenvalue weighted by molar-refractivity contribution is -0.139. The van der Waals surface area contributed by atoms with Crippen LogP contribution in [0.15, 0.2) is 48.5 Å². The second-order valence-corrected chi connectivity index (χ2v) is 9.53. The largest absolute Gasteiger partial charge is 0.482 e. The van der Waals surface area contributed by atoms with Gasteiger partial charge in [0, 0.05) is 24.7 Å². The molecule has 8 nitrogen and oxygen atoms in total. The highest BCUT2D eigenvalue weighted by molar-refractivity contribution is 5.96. The van der Waals surface area contributed by atoms with E-state index in [0.29, 0.717) is 23.3 Å². The van der Waals surface area contributed by atoms with Gasteiger partial charge >= 0.3 is 5.97 Å². The molecular weight excluding hydrogens is 446 g/mol. The SMILES string of the molecule is Cc1cccc(C(=O)NCC(=O)NC2CN([C@H]3CC[C@@H](c4ccc(OCC(=O)O)cc4)CC3)C2)c1. The van der Waals surface area contributed by atoms with Crippen LogP contribution in [-0.2, 0) is 9.59 Å². The number of carboxylic acid groups (broad SMARTS) is 1. The molecule has 0 bridgehead atoms. The quantitative estimate of drug-likeness (QED) is 0.511. The lowest BCUT2D eigenvalue weighted by Crippen LogP contribution is -2.63. The highest BCUT2D eigenvalue weighted by Gasteiger charge is 2.35. The molecule has 2 fully saturated rings. The highest BCUT2D eigenvalue weighted by Crippen LogP contribution is 2.36. The number of ether oxygens (including phenoxy) is 1. The maximum atomic E-state index is 12.2. The Hall–Kier alpha value is -3.39. The molecule has 8 heteroatoms. The molecule has 35 heavy (non-hydrogen) atoms. The normalized spacial score (nSPS) is 20.5. The van der Waals surface area contributed by atoms with Crippen molar-refractivity contribution in [3.8, 4) is 5.75 Å². The maximum absolute atomic E-state index is 12.2. The monoisotopic (exact) mass is 479 g/mol. The summed E-state index contributed by atoms with van der Waals surface area (Å²) in [6, 6.07) is 15.7. The van der Waals surface area contributed by atoms with Gasteiger partial charge in [0.05, 0.1) is 12.6 Å². The molecular formula is C27H33N3O5. The van der Waals surface area contributed by atoms with Gasteiger partial charge in [0.2, 0.25) is 5.91 Å². The van der Waals surface area contributed by atoms with Crippen LogP contribution >= 0.6 is 0 Å². The Bertz CT molecular complexity index is 1040. The third-order valence-electron chi connectivity index (χ3n) is 6.89.